The molecule has 6 rings (SSSR count). The van der Waals surface area contributed by atoms with Crippen LogP contribution in [0.2, 0.25) is 0 Å². The minimum absolute atomic E-state index is 0.0939. The van der Waals surface area contributed by atoms with E-state index >= 15 is 0 Å². The number of ether oxygens (including phenoxy) is 2. The fourth-order valence-electron chi connectivity index (χ4n) is 5.74. The fraction of sp³-hybridized carbons (Fsp3) is 0.273. The molecule has 0 atom stereocenters. The van der Waals surface area contributed by atoms with Gasteiger partial charge in [0.2, 0.25) is 5.88 Å². The van der Waals surface area contributed by atoms with E-state index in [9.17, 15) is 0 Å². The Morgan fingerprint density at radius 2 is 1.37 bits per heavy atom. The van der Waals surface area contributed by atoms with E-state index in [2.05, 4.69) is 109 Å². The second-order valence-corrected chi connectivity index (χ2v) is 9.91. The van der Waals surface area contributed by atoms with Gasteiger partial charge < -0.3 is 9.47 Å². The molecule has 1 fully saturated rings. The molecule has 0 saturated carbocycles. The van der Waals surface area contributed by atoms with Crippen LogP contribution in [0.1, 0.15) is 47.8 Å². The fourth-order valence-corrected chi connectivity index (χ4v) is 5.74. The average Bonchev–Trinajstić information content (AvgIpc) is 3.35. The summed E-state index contributed by atoms with van der Waals surface area (Å²) in [6.45, 7) is 5.63. The van der Waals surface area contributed by atoms with Crippen LogP contribution < -0.4 is 4.74 Å². The second kappa shape index (κ2) is 10.4. The third kappa shape index (κ3) is 4.17. The van der Waals surface area contributed by atoms with Crippen molar-refractivity contribution in [2.75, 3.05) is 13.2 Å². The molecule has 3 heterocycles. The number of pyridine rings is 1. The molecule has 1 aliphatic heterocycles. The molecule has 0 unspecified atom stereocenters. The molecule has 1 saturated heterocycles. The summed E-state index contributed by atoms with van der Waals surface area (Å²) >= 11 is 0. The summed E-state index contributed by atoms with van der Waals surface area (Å²) in [6.07, 6.45) is 2.60. The van der Waals surface area contributed by atoms with Gasteiger partial charge in [-0.15, -0.1) is 0 Å². The van der Waals surface area contributed by atoms with Gasteiger partial charge in [-0.2, -0.15) is 5.10 Å². The van der Waals surface area contributed by atoms with E-state index < -0.39 is 5.54 Å². The summed E-state index contributed by atoms with van der Waals surface area (Å²) in [7, 11) is 0. The van der Waals surface area contributed by atoms with Crippen molar-refractivity contribution in [2.45, 2.75) is 44.8 Å². The third-order valence-corrected chi connectivity index (χ3v) is 7.50. The highest BCUT2D eigenvalue weighted by Crippen LogP contribution is 2.44. The molecule has 192 valence electrons. The van der Waals surface area contributed by atoms with Gasteiger partial charge in [0.05, 0.1) is 29.8 Å². The second-order valence-electron chi connectivity index (χ2n) is 9.91. The molecule has 5 heteroatoms. The van der Waals surface area contributed by atoms with Crippen LogP contribution in [0.25, 0.3) is 10.9 Å². The Hall–Kier alpha value is -3.96. The molecular formula is C33H33N3O2. The van der Waals surface area contributed by atoms with Crippen LogP contribution in [0.3, 0.4) is 0 Å². The number of rotatable bonds is 7. The maximum Gasteiger partial charge on any atom is 0.225 e. The van der Waals surface area contributed by atoms with Crippen LogP contribution in [-0.4, -0.2) is 34.1 Å². The number of nitrogens with zero attached hydrogens (tertiary/aromatic N) is 3. The number of hydrogen-bond acceptors (Lipinski definition) is 4. The number of aromatic nitrogens is 3. The molecule has 0 aliphatic carbocycles. The summed E-state index contributed by atoms with van der Waals surface area (Å²) in [5.74, 6) is 0.679. The van der Waals surface area contributed by atoms with E-state index in [1.807, 2.05) is 6.92 Å². The molecule has 0 radical (unpaired) electrons. The zero-order valence-electron chi connectivity index (χ0n) is 22.0. The van der Waals surface area contributed by atoms with Gasteiger partial charge in [-0.1, -0.05) is 97.9 Å². The molecule has 0 bridgehead atoms. The molecule has 0 spiro atoms. The van der Waals surface area contributed by atoms with Gasteiger partial charge in [-0.05, 0) is 36.1 Å². The molecule has 5 nitrogen and oxygen atoms in total. The first-order chi connectivity index (χ1) is 18.7. The van der Waals surface area contributed by atoms with E-state index in [4.69, 9.17) is 19.6 Å². The number of benzene rings is 3. The van der Waals surface area contributed by atoms with Crippen LogP contribution in [0, 0.1) is 6.92 Å². The quantitative estimate of drug-likeness (QED) is 0.232. The van der Waals surface area contributed by atoms with Crippen LogP contribution in [-0.2, 0) is 16.7 Å². The van der Waals surface area contributed by atoms with Crippen molar-refractivity contribution in [3.63, 3.8) is 0 Å². The highest BCUT2D eigenvalue weighted by atomic mass is 16.5. The third-order valence-electron chi connectivity index (χ3n) is 7.50. The van der Waals surface area contributed by atoms with Gasteiger partial charge in [0.25, 0.3) is 0 Å². The lowest BCUT2D eigenvalue weighted by Crippen LogP contribution is -2.38. The topological polar surface area (TPSA) is 49.2 Å². The van der Waals surface area contributed by atoms with Crippen molar-refractivity contribution in [3.05, 3.63) is 125 Å². The van der Waals surface area contributed by atoms with Gasteiger partial charge in [0.1, 0.15) is 11.6 Å². The van der Waals surface area contributed by atoms with Crippen LogP contribution in [0.15, 0.2) is 97.1 Å². The molecule has 5 aromatic rings. The Bertz CT molecular complexity index is 1410. The predicted molar refractivity (Wildman–Crippen MR) is 151 cm³/mol. The maximum absolute atomic E-state index is 6.59. The van der Waals surface area contributed by atoms with E-state index in [0.717, 1.165) is 71.5 Å². The first-order valence-electron chi connectivity index (χ1n) is 13.5. The van der Waals surface area contributed by atoms with E-state index in [1.165, 1.54) is 0 Å². The summed E-state index contributed by atoms with van der Waals surface area (Å²) in [4.78, 5) is 4.90. The predicted octanol–water partition coefficient (Wildman–Crippen LogP) is 6.70. The first kappa shape index (κ1) is 24.4. The number of fused-ring (bicyclic) bond motifs is 1. The van der Waals surface area contributed by atoms with Gasteiger partial charge in [-0.3, -0.25) is 0 Å². The van der Waals surface area contributed by atoms with Crippen molar-refractivity contribution < 1.29 is 9.47 Å². The maximum atomic E-state index is 6.59. The summed E-state index contributed by atoms with van der Waals surface area (Å²) < 4.78 is 14.4. The van der Waals surface area contributed by atoms with Gasteiger partial charge >= 0.3 is 0 Å². The Morgan fingerprint density at radius 1 is 0.842 bits per heavy atom. The molecule has 0 N–H and O–H groups in total. The number of aryl methyl sites for hydroxylation is 2. The number of hydrogen-bond donors (Lipinski definition) is 0. The average molecular weight is 504 g/mol. The van der Waals surface area contributed by atoms with Crippen molar-refractivity contribution in [3.8, 4) is 5.88 Å². The Kier molecular flexibility index (Phi) is 6.69. The van der Waals surface area contributed by atoms with Crippen LogP contribution in [0.4, 0.5) is 0 Å². The zero-order valence-corrected chi connectivity index (χ0v) is 22.0. The van der Waals surface area contributed by atoms with E-state index in [-0.39, 0.29) is 6.10 Å². The molecule has 2 aromatic heterocycles. The lowest BCUT2D eigenvalue weighted by molar-refractivity contribution is 0.0243. The SMILES string of the molecule is CCc1nn(C(c2ccccc2)(c2ccccc2)c2ccccc2)c2cc(C)nc(OC3CCOCC3)c12. The Balaban J connectivity index is 1.69. The van der Waals surface area contributed by atoms with Crippen molar-refractivity contribution in [1.82, 2.24) is 14.8 Å². The van der Waals surface area contributed by atoms with Crippen molar-refractivity contribution in [1.29, 1.82) is 0 Å². The monoisotopic (exact) mass is 503 g/mol. The lowest BCUT2D eigenvalue weighted by Gasteiger charge is -2.37. The smallest absolute Gasteiger partial charge is 0.225 e. The highest BCUT2D eigenvalue weighted by Gasteiger charge is 2.41. The first-order valence-corrected chi connectivity index (χ1v) is 13.5. The molecular weight excluding hydrogens is 470 g/mol. The standard InChI is InChI=1S/C33H33N3O2/c1-3-29-31-30(23-24(2)34-32(31)38-28-19-21-37-22-20-28)36(35-29)33(25-13-7-4-8-14-25,26-15-9-5-10-16-26)27-17-11-6-12-18-27/h4-18,23,28H,3,19-22H2,1-2H3. The van der Waals surface area contributed by atoms with Crippen LogP contribution >= 0.6 is 0 Å². The van der Waals surface area contributed by atoms with Crippen molar-refractivity contribution >= 4 is 10.9 Å². The van der Waals surface area contributed by atoms with Crippen molar-refractivity contribution in [2.24, 2.45) is 0 Å². The minimum atomic E-state index is -0.695. The molecule has 38 heavy (non-hydrogen) atoms. The van der Waals surface area contributed by atoms with Gasteiger partial charge in [0, 0.05) is 18.5 Å². The molecule has 3 aromatic carbocycles. The van der Waals surface area contributed by atoms with Gasteiger partial charge in [0.15, 0.2) is 0 Å². The summed E-state index contributed by atoms with van der Waals surface area (Å²) in [6, 6.07) is 34.2. The normalized spacial score (nSPS) is 14.6. The zero-order chi connectivity index (χ0) is 26.0. The van der Waals surface area contributed by atoms with Gasteiger partial charge in [-0.25, -0.2) is 9.67 Å². The highest BCUT2D eigenvalue weighted by molar-refractivity contribution is 5.88. The summed E-state index contributed by atoms with van der Waals surface area (Å²) in [5.41, 5.74) is 5.66. The van der Waals surface area contributed by atoms with Crippen LogP contribution in [0.5, 0.6) is 5.88 Å². The molecule has 1 aliphatic rings. The largest absolute Gasteiger partial charge is 0.474 e. The Labute approximate surface area is 224 Å². The molecule has 0 amide bonds. The Morgan fingerprint density at radius 3 is 1.87 bits per heavy atom. The van der Waals surface area contributed by atoms with E-state index in [0.29, 0.717) is 5.88 Å². The lowest BCUT2D eigenvalue weighted by atomic mass is 9.77. The summed E-state index contributed by atoms with van der Waals surface area (Å²) in [5, 5.41) is 6.37. The minimum Gasteiger partial charge on any atom is -0.474 e. The van der Waals surface area contributed by atoms with E-state index in [1.54, 1.807) is 0 Å².